The Morgan fingerprint density at radius 1 is 1.12 bits per heavy atom. The molecular formula is C28H36O5. The van der Waals surface area contributed by atoms with Crippen molar-refractivity contribution in [2.24, 2.45) is 28.6 Å². The Kier molecular flexibility index (Phi) is 4.42. The van der Waals surface area contributed by atoms with Crippen LogP contribution in [0.5, 0.6) is 0 Å². The summed E-state index contributed by atoms with van der Waals surface area (Å²) in [6.45, 7) is 8.39. The molecule has 2 aliphatic heterocycles. The van der Waals surface area contributed by atoms with E-state index >= 15 is 0 Å². The zero-order chi connectivity index (χ0) is 23.4. The number of cyclic esters (lactones) is 1. The number of hydrogen-bond donors (Lipinski definition) is 1. The van der Waals surface area contributed by atoms with Gasteiger partial charge in [0.25, 0.3) is 0 Å². The molecule has 5 heteroatoms. The van der Waals surface area contributed by atoms with E-state index in [9.17, 15) is 14.7 Å². The van der Waals surface area contributed by atoms with Crippen LogP contribution in [0.3, 0.4) is 0 Å². The number of aliphatic hydroxyl groups excluding tert-OH is 1. The van der Waals surface area contributed by atoms with E-state index in [1.165, 1.54) is 5.57 Å². The molecule has 0 aromatic heterocycles. The van der Waals surface area contributed by atoms with Gasteiger partial charge in [0.15, 0.2) is 0 Å². The van der Waals surface area contributed by atoms with E-state index in [-0.39, 0.29) is 23.7 Å². The second-order valence-corrected chi connectivity index (χ2v) is 12.1. The van der Waals surface area contributed by atoms with Crippen LogP contribution in [0, 0.1) is 28.6 Å². The molecule has 0 unspecified atom stereocenters. The molecule has 33 heavy (non-hydrogen) atoms. The largest absolute Gasteiger partial charge is 0.456 e. The SMILES string of the molecule is CC1=C(CO)C(=O)O[C@@H]([C@@]2(C)O[C@@]34CC[C@H]2[C@@]3(C)CC[C@H]2[C@H]4CC=C3C=CCC(=O)[C@@]32C)C1. The molecule has 2 heterocycles. The van der Waals surface area contributed by atoms with Gasteiger partial charge in [0, 0.05) is 18.3 Å². The minimum absolute atomic E-state index is 0.0133. The topological polar surface area (TPSA) is 72.8 Å². The minimum Gasteiger partial charge on any atom is -0.456 e. The lowest BCUT2D eigenvalue weighted by Crippen LogP contribution is -2.60. The molecule has 0 aromatic rings. The van der Waals surface area contributed by atoms with Crippen molar-refractivity contribution in [3.63, 3.8) is 0 Å². The van der Waals surface area contributed by atoms with E-state index in [0.29, 0.717) is 42.0 Å². The van der Waals surface area contributed by atoms with Crippen LogP contribution in [0.4, 0.5) is 0 Å². The van der Waals surface area contributed by atoms with E-state index < -0.39 is 17.0 Å². The highest BCUT2D eigenvalue weighted by Gasteiger charge is 2.77. The summed E-state index contributed by atoms with van der Waals surface area (Å²) in [5, 5.41) is 9.60. The Hall–Kier alpha value is -1.72. The number of ether oxygens (including phenoxy) is 2. The molecule has 6 aliphatic rings. The molecule has 8 atom stereocenters. The van der Waals surface area contributed by atoms with E-state index in [2.05, 4.69) is 32.9 Å². The summed E-state index contributed by atoms with van der Waals surface area (Å²) in [6, 6.07) is 0. The lowest BCUT2D eigenvalue weighted by Gasteiger charge is -2.59. The molecule has 2 bridgehead atoms. The summed E-state index contributed by atoms with van der Waals surface area (Å²) in [5.74, 6) is 0.851. The molecule has 5 nitrogen and oxygen atoms in total. The average Bonchev–Trinajstić information content (AvgIpc) is 3.18. The third-order valence-corrected chi connectivity index (χ3v) is 11.1. The van der Waals surface area contributed by atoms with Gasteiger partial charge in [-0.05, 0) is 76.2 Å². The van der Waals surface area contributed by atoms with Gasteiger partial charge in [-0.15, -0.1) is 0 Å². The molecule has 3 fully saturated rings. The lowest BCUT2D eigenvalue weighted by molar-refractivity contribution is -0.231. The highest BCUT2D eigenvalue weighted by atomic mass is 16.6. The summed E-state index contributed by atoms with van der Waals surface area (Å²) < 4.78 is 13.2. The highest BCUT2D eigenvalue weighted by Crippen LogP contribution is 2.75. The fourth-order valence-electron chi connectivity index (χ4n) is 9.33. The van der Waals surface area contributed by atoms with Crippen LogP contribution in [0.1, 0.15) is 72.6 Å². The fraction of sp³-hybridized carbons (Fsp3) is 0.714. The molecule has 4 aliphatic carbocycles. The van der Waals surface area contributed by atoms with Crippen LogP contribution in [0.2, 0.25) is 0 Å². The zero-order valence-electron chi connectivity index (χ0n) is 20.3. The third-order valence-electron chi connectivity index (χ3n) is 11.1. The average molecular weight is 453 g/mol. The molecule has 0 spiro atoms. The van der Waals surface area contributed by atoms with Crippen molar-refractivity contribution < 1.29 is 24.2 Å². The van der Waals surface area contributed by atoms with Crippen molar-refractivity contribution in [1.29, 1.82) is 0 Å². The van der Waals surface area contributed by atoms with Crippen LogP contribution in [0.15, 0.2) is 34.9 Å². The van der Waals surface area contributed by atoms with Crippen LogP contribution >= 0.6 is 0 Å². The number of esters is 1. The summed E-state index contributed by atoms with van der Waals surface area (Å²) in [4.78, 5) is 25.9. The van der Waals surface area contributed by atoms with Gasteiger partial charge in [-0.25, -0.2) is 4.79 Å². The number of carbonyl (C=O) groups excluding carboxylic acids is 2. The predicted molar refractivity (Wildman–Crippen MR) is 123 cm³/mol. The third kappa shape index (κ3) is 2.41. The maximum atomic E-state index is 13.3. The second-order valence-electron chi connectivity index (χ2n) is 12.1. The summed E-state index contributed by atoms with van der Waals surface area (Å²) in [6.07, 6.45) is 12.4. The number of ketones is 1. The van der Waals surface area contributed by atoms with Crippen molar-refractivity contribution in [2.45, 2.75) is 89.9 Å². The first-order valence-corrected chi connectivity index (χ1v) is 12.7. The van der Waals surface area contributed by atoms with Gasteiger partial charge in [-0.2, -0.15) is 0 Å². The smallest absolute Gasteiger partial charge is 0.336 e. The molecule has 2 saturated carbocycles. The first-order chi connectivity index (χ1) is 15.6. The predicted octanol–water partition coefficient (Wildman–Crippen LogP) is 4.45. The van der Waals surface area contributed by atoms with Gasteiger partial charge in [0.05, 0.1) is 23.2 Å². The number of carbonyl (C=O) groups is 2. The van der Waals surface area contributed by atoms with Crippen molar-refractivity contribution in [1.82, 2.24) is 0 Å². The number of rotatable bonds is 2. The standard InChI is InChI=1S/C28H36O5/c1-16-14-23(32-24(31)18(16)15-29)27(4)21-11-13-28(33-27)20-9-8-17-6-5-7-22(30)26(17,3)19(20)10-12-25(21,28)2/h5-6,8,19-21,23,29H,7,9-15H2,1-4H3/t19-,20+,21-,23+,25+,26-,27-,28+/m0/s1. The van der Waals surface area contributed by atoms with Crippen LogP contribution in [-0.2, 0) is 19.1 Å². The number of aliphatic hydroxyl groups is 1. The van der Waals surface area contributed by atoms with Gasteiger partial charge >= 0.3 is 5.97 Å². The number of Topliss-reactive ketones (excluding diaryl/α,β-unsaturated/α-hetero) is 1. The van der Waals surface area contributed by atoms with Crippen molar-refractivity contribution >= 4 is 11.8 Å². The molecule has 1 saturated heterocycles. The number of fused-ring (bicyclic) bond motifs is 3. The normalized spacial score (nSPS) is 50.5. The van der Waals surface area contributed by atoms with E-state index in [4.69, 9.17) is 9.47 Å². The van der Waals surface area contributed by atoms with Gasteiger partial charge in [-0.1, -0.05) is 30.7 Å². The van der Waals surface area contributed by atoms with E-state index in [1.54, 1.807) is 0 Å². The Morgan fingerprint density at radius 2 is 1.91 bits per heavy atom. The first-order valence-electron chi connectivity index (χ1n) is 12.7. The van der Waals surface area contributed by atoms with Gasteiger partial charge in [-0.3, -0.25) is 4.79 Å². The Balaban J connectivity index is 1.40. The van der Waals surface area contributed by atoms with Crippen molar-refractivity contribution in [2.75, 3.05) is 6.61 Å². The first kappa shape index (κ1) is 21.8. The van der Waals surface area contributed by atoms with Gasteiger partial charge < -0.3 is 14.6 Å². The van der Waals surface area contributed by atoms with Crippen LogP contribution in [-0.4, -0.2) is 40.8 Å². The van der Waals surface area contributed by atoms with Crippen LogP contribution in [0.25, 0.3) is 0 Å². The quantitative estimate of drug-likeness (QED) is 0.627. The van der Waals surface area contributed by atoms with Crippen molar-refractivity contribution in [3.05, 3.63) is 34.9 Å². The molecule has 178 valence electrons. The minimum atomic E-state index is -0.554. The maximum Gasteiger partial charge on any atom is 0.336 e. The zero-order valence-corrected chi connectivity index (χ0v) is 20.3. The summed E-state index contributed by atoms with van der Waals surface area (Å²) in [7, 11) is 0. The summed E-state index contributed by atoms with van der Waals surface area (Å²) >= 11 is 0. The maximum absolute atomic E-state index is 13.3. The number of hydrogen-bond acceptors (Lipinski definition) is 5. The summed E-state index contributed by atoms with van der Waals surface area (Å²) in [5.41, 5.74) is 1.26. The molecule has 1 N–H and O–H groups in total. The Labute approximate surface area is 196 Å². The number of allylic oxidation sites excluding steroid dienone is 4. The van der Waals surface area contributed by atoms with Gasteiger partial charge in [0.2, 0.25) is 0 Å². The lowest BCUT2D eigenvalue weighted by atomic mass is 9.46. The van der Waals surface area contributed by atoms with Gasteiger partial charge in [0.1, 0.15) is 17.5 Å². The fourth-order valence-corrected chi connectivity index (χ4v) is 9.33. The molecule has 6 rings (SSSR count). The van der Waals surface area contributed by atoms with E-state index in [1.807, 2.05) is 13.0 Å². The molecule has 0 amide bonds. The molecule has 0 radical (unpaired) electrons. The monoisotopic (exact) mass is 452 g/mol. The van der Waals surface area contributed by atoms with Crippen LogP contribution < -0.4 is 0 Å². The second kappa shape index (κ2) is 6.69. The molecular weight excluding hydrogens is 416 g/mol. The molecule has 0 aromatic carbocycles. The van der Waals surface area contributed by atoms with E-state index in [0.717, 1.165) is 37.7 Å². The van der Waals surface area contributed by atoms with Crippen molar-refractivity contribution in [3.8, 4) is 0 Å². The highest BCUT2D eigenvalue weighted by molar-refractivity contribution is 5.92. The Morgan fingerprint density at radius 3 is 2.64 bits per heavy atom. The Bertz CT molecular complexity index is 1040.